The summed E-state index contributed by atoms with van der Waals surface area (Å²) in [4.78, 5) is 27.2. The number of fused-ring (bicyclic) bond motifs is 1. The second-order valence-electron chi connectivity index (χ2n) is 5.47. The third-order valence-corrected chi connectivity index (χ3v) is 4.00. The molecule has 1 unspecified atom stereocenters. The van der Waals surface area contributed by atoms with Gasteiger partial charge in [-0.05, 0) is 13.0 Å². The molecule has 1 aromatic rings. The molecular formula is C13H19N5O3. The molecule has 0 spiro atoms. The normalized spacial score (nSPS) is 22.1. The zero-order valence-electron chi connectivity index (χ0n) is 11.9. The van der Waals surface area contributed by atoms with Gasteiger partial charge >= 0.3 is 11.9 Å². The third-order valence-electron chi connectivity index (χ3n) is 4.00. The van der Waals surface area contributed by atoms with Crippen molar-refractivity contribution < 1.29 is 14.0 Å². The van der Waals surface area contributed by atoms with Crippen LogP contribution in [0, 0.1) is 6.92 Å². The smallest absolute Gasteiger partial charge is 0.317 e. The van der Waals surface area contributed by atoms with Crippen molar-refractivity contribution in [3.63, 3.8) is 0 Å². The third kappa shape index (κ3) is 2.59. The molecule has 21 heavy (non-hydrogen) atoms. The summed E-state index contributed by atoms with van der Waals surface area (Å²) in [7, 11) is 0. The predicted molar refractivity (Wildman–Crippen MR) is 74.3 cm³/mol. The first-order valence-corrected chi connectivity index (χ1v) is 6.95. The van der Waals surface area contributed by atoms with E-state index in [0.29, 0.717) is 19.6 Å². The summed E-state index contributed by atoms with van der Waals surface area (Å²) >= 11 is 0. The second kappa shape index (κ2) is 5.38. The van der Waals surface area contributed by atoms with Crippen LogP contribution in [0.4, 0.5) is 4.79 Å². The maximum absolute atomic E-state index is 11.6. The first-order chi connectivity index (χ1) is 10.1. The Balaban J connectivity index is 1.65. The summed E-state index contributed by atoms with van der Waals surface area (Å²) in [6.45, 7) is 5.44. The Morgan fingerprint density at radius 1 is 1.57 bits per heavy atom. The van der Waals surface area contributed by atoms with Crippen molar-refractivity contribution >= 4 is 11.9 Å². The van der Waals surface area contributed by atoms with Gasteiger partial charge < -0.3 is 14.6 Å². The van der Waals surface area contributed by atoms with Crippen LogP contribution < -0.4 is 16.6 Å². The van der Waals surface area contributed by atoms with Gasteiger partial charge in [-0.3, -0.25) is 15.1 Å². The summed E-state index contributed by atoms with van der Waals surface area (Å²) in [6.07, 6.45) is 0. The predicted octanol–water partition coefficient (Wildman–Crippen LogP) is -0.599. The van der Waals surface area contributed by atoms with Crippen molar-refractivity contribution in [2.75, 3.05) is 26.2 Å². The SMILES string of the molecule is Cc1cc(CN2CCN3C(=O)NCC3C2)oc1C(=O)NN. The van der Waals surface area contributed by atoms with Crippen LogP contribution in [-0.2, 0) is 6.54 Å². The minimum Gasteiger partial charge on any atom is -0.454 e. The van der Waals surface area contributed by atoms with Crippen LogP contribution in [0.5, 0.6) is 0 Å². The molecule has 4 N–H and O–H groups in total. The summed E-state index contributed by atoms with van der Waals surface area (Å²) in [6, 6.07) is 2.10. The van der Waals surface area contributed by atoms with Gasteiger partial charge in [-0.1, -0.05) is 0 Å². The summed E-state index contributed by atoms with van der Waals surface area (Å²) in [5.41, 5.74) is 2.84. The van der Waals surface area contributed by atoms with Crippen molar-refractivity contribution in [3.8, 4) is 0 Å². The fraction of sp³-hybridized carbons (Fsp3) is 0.538. The number of hydrogen-bond acceptors (Lipinski definition) is 5. The lowest BCUT2D eigenvalue weighted by atomic mass is 10.2. The van der Waals surface area contributed by atoms with Crippen molar-refractivity contribution in [1.82, 2.24) is 20.5 Å². The highest BCUT2D eigenvalue weighted by Crippen LogP contribution is 2.19. The second-order valence-corrected chi connectivity index (χ2v) is 5.47. The Kier molecular flexibility index (Phi) is 3.56. The number of hydrogen-bond donors (Lipinski definition) is 3. The highest BCUT2D eigenvalue weighted by atomic mass is 16.4. The lowest BCUT2D eigenvalue weighted by Gasteiger charge is -2.35. The van der Waals surface area contributed by atoms with E-state index < -0.39 is 5.91 Å². The summed E-state index contributed by atoms with van der Waals surface area (Å²) in [5, 5.41) is 2.85. The first kappa shape index (κ1) is 13.9. The van der Waals surface area contributed by atoms with Crippen LogP contribution in [0.25, 0.3) is 0 Å². The molecule has 2 fully saturated rings. The maximum atomic E-state index is 11.6. The molecule has 0 saturated carbocycles. The number of nitrogens with zero attached hydrogens (tertiary/aromatic N) is 2. The van der Waals surface area contributed by atoms with E-state index in [2.05, 4.69) is 15.6 Å². The molecule has 0 radical (unpaired) electrons. The van der Waals surface area contributed by atoms with Crippen molar-refractivity contribution in [1.29, 1.82) is 0 Å². The van der Waals surface area contributed by atoms with E-state index in [1.807, 2.05) is 17.9 Å². The van der Waals surface area contributed by atoms with Gasteiger partial charge in [0.25, 0.3) is 0 Å². The zero-order chi connectivity index (χ0) is 15.0. The zero-order valence-corrected chi connectivity index (χ0v) is 11.9. The number of hydrazine groups is 1. The largest absolute Gasteiger partial charge is 0.454 e. The van der Waals surface area contributed by atoms with Gasteiger partial charge in [0, 0.05) is 31.7 Å². The number of rotatable bonds is 3. The molecule has 114 valence electrons. The highest BCUT2D eigenvalue weighted by molar-refractivity contribution is 5.92. The molecule has 2 aliphatic rings. The van der Waals surface area contributed by atoms with Crippen molar-refractivity contribution in [3.05, 3.63) is 23.2 Å². The van der Waals surface area contributed by atoms with E-state index in [9.17, 15) is 9.59 Å². The number of nitrogens with two attached hydrogens (primary N) is 1. The number of urea groups is 1. The Hall–Kier alpha value is -2.06. The van der Waals surface area contributed by atoms with Crippen LogP contribution in [0.2, 0.25) is 0 Å². The Morgan fingerprint density at radius 2 is 2.38 bits per heavy atom. The molecule has 1 aromatic heterocycles. The van der Waals surface area contributed by atoms with Gasteiger partial charge in [-0.2, -0.15) is 0 Å². The molecule has 3 rings (SSSR count). The van der Waals surface area contributed by atoms with E-state index in [1.54, 1.807) is 0 Å². The van der Waals surface area contributed by atoms with E-state index >= 15 is 0 Å². The number of carbonyl (C=O) groups is 2. The molecule has 0 aliphatic carbocycles. The maximum Gasteiger partial charge on any atom is 0.317 e. The molecule has 2 aliphatic heterocycles. The fourth-order valence-corrected chi connectivity index (χ4v) is 2.95. The Labute approximate surface area is 122 Å². The summed E-state index contributed by atoms with van der Waals surface area (Å²) in [5.74, 6) is 5.69. The first-order valence-electron chi connectivity index (χ1n) is 6.95. The number of aryl methyl sites for hydroxylation is 1. The van der Waals surface area contributed by atoms with Crippen LogP contribution >= 0.6 is 0 Å². The van der Waals surface area contributed by atoms with E-state index in [0.717, 1.165) is 24.4 Å². The molecule has 1 atom stereocenters. The topological polar surface area (TPSA) is 104 Å². The van der Waals surface area contributed by atoms with Crippen molar-refractivity contribution in [2.45, 2.75) is 19.5 Å². The Bertz CT molecular complexity index is 570. The monoisotopic (exact) mass is 293 g/mol. The van der Waals surface area contributed by atoms with Gasteiger partial charge in [-0.15, -0.1) is 0 Å². The molecule has 0 aromatic carbocycles. The van der Waals surface area contributed by atoms with Crippen LogP contribution in [-0.4, -0.2) is 54.0 Å². The van der Waals surface area contributed by atoms with Gasteiger partial charge in [-0.25, -0.2) is 10.6 Å². The number of nitrogens with one attached hydrogen (secondary N) is 2. The minimum absolute atomic E-state index is 0.0235. The number of furan rings is 1. The van der Waals surface area contributed by atoms with Gasteiger partial charge in [0.15, 0.2) is 5.76 Å². The number of amides is 3. The van der Waals surface area contributed by atoms with Crippen LogP contribution in [0.3, 0.4) is 0 Å². The molecule has 3 heterocycles. The number of nitrogen functional groups attached to an aromatic ring is 1. The minimum atomic E-state index is -0.422. The molecular weight excluding hydrogens is 274 g/mol. The molecule has 2 saturated heterocycles. The molecule has 0 bridgehead atoms. The van der Waals surface area contributed by atoms with Gasteiger partial charge in [0.1, 0.15) is 5.76 Å². The molecule has 8 heteroatoms. The Morgan fingerprint density at radius 3 is 3.14 bits per heavy atom. The molecule has 8 nitrogen and oxygen atoms in total. The highest BCUT2D eigenvalue weighted by Gasteiger charge is 2.35. The van der Waals surface area contributed by atoms with E-state index in [-0.39, 0.29) is 17.8 Å². The summed E-state index contributed by atoms with van der Waals surface area (Å²) < 4.78 is 5.57. The molecule has 3 amide bonds. The van der Waals surface area contributed by atoms with Crippen molar-refractivity contribution in [2.24, 2.45) is 5.84 Å². The average Bonchev–Trinajstić information content (AvgIpc) is 3.02. The number of piperazine rings is 1. The quantitative estimate of drug-likeness (QED) is 0.392. The lowest BCUT2D eigenvalue weighted by Crippen LogP contribution is -2.51. The average molecular weight is 293 g/mol. The van der Waals surface area contributed by atoms with Crippen LogP contribution in [0.1, 0.15) is 21.9 Å². The lowest BCUT2D eigenvalue weighted by molar-refractivity contribution is 0.0911. The number of carbonyl (C=O) groups excluding carboxylic acids is 2. The van der Waals surface area contributed by atoms with Crippen LogP contribution in [0.15, 0.2) is 10.5 Å². The standard InChI is InChI=1S/C13H19N5O3/c1-8-4-10(21-11(8)12(19)16-14)7-17-2-3-18-9(6-17)5-15-13(18)20/h4,9H,2-3,5-7,14H2,1H3,(H,15,20)(H,16,19). The fourth-order valence-electron chi connectivity index (χ4n) is 2.95. The van der Waals surface area contributed by atoms with Gasteiger partial charge in [0.05, 0.1) is 12.6 Å². The van der Waals surface area contributed by atoms with Gasteiger partial charge in [0.2, 0.25) is 0 Å². The van der Waals surface area contributed by atoms with E-state index in [1.165, 1.54) is 0 Å². The van der Waals surface area contributed by atoms with E-state index in [4.69, 9.17) is 10.3 Å².